The van der Waals surface area contributed by atoms with Gasteiger partial charge in [0.2, 0.25) is 0 Å². The van der Waals surface area contributed by atoms with Crippen molar-refractivity contribution in [3.8, 4) is 17.1 Å². The van der Waals surface area contributed by atoms with Crippen LogP contribution < -0.4 is 21.5 Å². The number of para-hydroxylation sites is 1. The van der Waals surface area contributed by atoms with Crippen molar-refractivity contribution in [2.75, 3.05) is 23.7 Å². The predicted molar refractivity (Wildman–Crippen MR) is 141 cm³/mol. The van der Waals surface area contributed by atoms with Crippen molar-refractivity contribution in [3.05, 3.63) is 75.7 Å². The molecule has 3 aromatic heterocycles. The molecule has 1 aliphatic rings. The highest BCUT2D eigenvalue weighted by Gasteiger charge is 2.28. The fourth-order valence-corrected chi connectivity index (χ4v) is 4.75. The number of amides is 1. The van der Waals surface area contributed by atoms with Crippen LogP contribution in [-0.2, 0) is 7.05 Å². The first kappa shape index (κ1) is 24.4. The van der Waals surface area contributed by atoms with Crippen LogP contribution in [0.3, 0.4) is 0 Å². The van der Waals surface area contributed by atoms with Gasteiger partial charge in [0.25, 0.3) is 11.5 Å². The molecule has 0 bridgehead atoms. The summed E-state index contributed by atoms with van der Waals surface area (Å²) in [6, 6.07) is 6.93. The van der Waals surface area contributed by atoms with Crippen LogP contribution in [0.4, 0.5) is 11.6 Å². The van der Waals surface area contributed by atoms with Gasteiger partial charge in [-0.05, 0) is 31.9 Å². The van der Waals surface area contributed by atoms with E-state index in [2.05, 4.69) is 25.3 Å². The molecule has 37 heavy (non-hydrogen) atoms. The van der Waals surface area contributed by atoms with Gasteiger partial charge in [-0.1, -0.05) is 23.7 Å². The van der Waals surface area contributed by atoms with E-state index in [1.54, 1.807) is 67.7 Å². The number of carbonyl (C=O) groups is 1. The third kappa shape index (κ3) is 4.65. The van der Waals surface area contributed by atoms with Gasteiger partial charge < -0.3 is 16.0 Å². The standard InChI is InChI=1S/C25H26ClN9O2/c1-15-21(25(37)35(33(15)2)20-6-4-3-5-17(20)26)24(36)31-16-7-11-34(12-8-16)23-22(27)30-14-19(32-23)18-13-28-9-10-29-18/h3-6,9-10,13-14,16H,7-8,11-12H2,1-2H3,(H2,27,30)(H,31,36). The first-order valence-corrected chi connectivity index (χ1v) is 12.2. The number of nitrogens with zero attached hydrogens (tertiary/aromatic N) is 7. The minimum atomic E-state index is -0.410. The molecule has 3 N–H and O–H groups in total. The van der Waals surface area contributed by atoms with Gasteiger partial charge in [0.05, 0.1) is 28.8 Å². The number of anilines is 2. The minimum Gasteiger partial charge on any atom is -0.381 e. The smallest absolute Gasteiger partial charge is 0.284 e. The molecule has 4 heterocycles. The Kier molecular flexibility index (Phi) is 6.62. The summed E-state index contributed by atoms with van der Waals surface area (Å²) in [7, 11) is 1.73. The van der Waals surface area contributed by atoms with E-state index in [1.807, 2.05) is 4.90 Å². The number of nitrogen functional groups attached to an aromatic ring is 1. The first-order valence-electron chi connectivity index (χ1n) is 11.8. The van der Waals surface area contributed by atoms with Crippen molar-refractivity contribution in [2.45, 2.75) is 25.8 Å². The number of piperidine rings is 1. The molecule has 0 aliphatic carbocycles. The van der Waals surface area contributed by atoms with Gasteiger partial charge in [0.15, 0.2) is 11.6 Å². The van der Waals surface area contributed by atoms with Gasteiger partial charge in [-0.15, -0.1) is 0 Å². The second-order valence-corrected chi connectivity index (χ2v) is 9.25. The van der Waals surface area contributed by atoms with E-state index in [0.717, 1.165) is 0 Å². The molecule has 0 saturated carbocycles. The molecule has 4 aromatic rings. The van der Waals surface area contributed by atoms with Crippen molar-refractivity contribution in [3.63, 3.8) is 0 Å². The van der Waals surface area contributed by atoms with Gasteiger partial charge in [0, 0.05) is 38.6 Å². The molecular formula is C25H26ClN9O2. The number of hydrogen-bond donors (Lipinski definition) is 2. The van der Waals surface area contributed by atoms with Crippen molar-refractivity contribution < 1.29 is 4.79 Å². The molecule has 1 saturated heterocycles. The molecule has 1 amide bonds. The second-order valence-electron chi connectivity index (χ2n) is 8.84. The summed E-state index contributed by atoms with van der Waals surface area (Å²) in [5, 5.41) is 3.46. The highest BCUT2D eigenvalue weighted by Crippen LogP contribution is 2.26. The summed E-state index contributed by atoms with van der Waals surface area (Å²) >= 11 is 6.32. The molecule has 0 atom stereocenters. The maximum Gasteiger partial charge on any atom is 0.284 e. The molecule has 0 spiro atoms. The number of halogens is 1. The van der Waals surface area contributed by atoms with Gasteiger partial charge in [0.1, 0.15) is 17.0 Å². The lowest BCUT2D eigenvalue weighted by Gasteiger charge is -2.33. The zero-order valence-electron chi connectivity index (χ0n) is 20.4. The van der Waals surface area contributed by atoms with Crippen LogP contribution in [-0.4, -0.2) is 54.3 Å². The monoisotopic (exact) mass is 519 g/mol. The predicted octanol–water partition coefficient (Wildman–Crippen LogP) is 2.37. The lowest BCUT2D eigenvalue weighted by molar-refractivity contribution is 0.0929. The van der Waals surface area contributed by atoms with Gasteiger partial charge in [-0.2, -0.15) is 0 Å². The van der Waals surface area contributed by atoms with Crippen molar-refractivity contribution in [2.24, 2.45) is 7.05 Å². The van der Waals surface area contributed by atoms with E-state index >= 15 is 0 Å². The summed E-state index contributed by atoms with van der Waals surface area (Å²) in [4.78, 5) is 45.8. The molecule has 1 aliphatic heterocycles. The molecule has 11 nitrogen and oxygen atoms in total. The lowest BCUT2D eigenvalue weighted by Crippen LogP contribution is -2.46. The molecule has 12 heteroatoms. The molecule has 0 unspecified atom stereocenters. The molecule has 190 valence electrons. The quantitative estimate of drug-likeness (QED) is 0.410. The number of carbonyl (C=O) groups excluding carboxylic acids is 1. The normalized spacial score (nSPS) is 14.1. The third-order valence-corrected chi connectivity index (χ3v) is 6.92. The average Bonchev–Trinajstić information content (AvgIpc) is 3.13. The Morgan fingerprint density at radius 2 is 1.86 bits per heavy atom. The maximum atomic E-state index is 13.2. The maximum absolute atomic E-state index is 13.2. The Hall–Kier alpha value is -4.25. The van der Waals surface area contributed by atoms with Crippen molar-refractivity contribution in [1.29, 1.82) is 0 Å². The second kappa shape index (κ2) is 10.0. The summed E-state index contributed by atoms with van der Waals surface area (Å²) in [6.07, 6.45) is 7.71. The molecule has 1 fully saturated rings. The Morgan fingerprint density at radius 1 is 1.11 bits per heavy atom. The van der Waals surface area contributed by atoms with Crippen LogP contribution in [0.15, 0.2) is 53.8 Å². The number of aromatic nitrogens is 6. The Bertz CT molecular complexity index is 1510. The highest BCUT2D eigenvalue weighted by molar-refractivity contribution is 6.32. The van der Waals surface area contributed by atoms with E-state index in [9.17, 15) is 9.59 Å². The first-order chi connectivity index (χ1) is 17.8. The SMILES string of the molecule is Cc1c(C(=O)NC2CCN(c3nc(-c4cnccn4)cnc3N)CC2)c(=O)n(-c2ccccc2Cl)n1C. The molecule has 1 aromatic carbocycles. The van der Waals surface area contributed by atoms with Crippen molar-refractivity contribution >= 4 is 29.1 Å². The van der Waals surface area contributed by atoms with Crippen LogP contribution in [0.2, 0.25) is 5.02 Å². The van der Waals surface area contributed by atoms with Crippen LogP contribution in [0, 0.1) is 6.92 Å². The summed E-state index contributed by atoms with van der Waals surface area (Å²) in [5.41, 5.74) is 8.10. The fourth-order valence-electron chi connectivity index (χ4n) is 4.53. The Morgan fingerprint density at radius 3 is 2.57 bits per heavy atom. The van der Waals surface area contributed by atoms with E-state index in [0.29, 0.717) is 65.4 Å². The number of rotatable bonds is 5. The van der Waals surface area contributed by atoms with Gasteiger partial charge in [-0.25, -0.2) is 14.6 Å². The average molecular weight is 520 g/mol. The van der Waals surface area contributed by atoms with Gasteiger partial charge in [-0.3, -0.25) is 24.2 Å². The number of benzene rings is 1. The largest absolute Gasteiger partial charge is 0.381 e. The number of nitrogens with two attached hydrogens (primary N) is 1. The summed E-state index contributed by atoms with van der Waals surface area (Å²) < 4.78 is 3.06. The lowest BCUT2D eigenvalue weighted by atomic mass is 10.0. The van der Waals surface area contributed by atoms with E-state index in [-0.39, 0.29) is 11.6 Å². The van der Waals surface area contributed by atoms with E-state index in [4.69, 9.17) is 17.3 Å². The van der Waals surface area contributed by atoms with E-state index in [1.165, 1.54) is 4.68 Å². The number of hydrogen-bond acceptors (Lipinski definition) is 8. The van der Waals surface area contributed by atoms with Crippen LogP contribution in [0.5, 0.6) is 0 Å². The highest BCUT2D eigenvalue weighted by atomic mass is 35.5. The Labute approximate surface area is 217 Å². The van der Waals surface area contributed by atoms with Crippen LogP contribution >= 0.6 is 11.6 Å². The van der Waals surface area contributed by atoms with Crippen molar-refractivity contribution in [1.82, 2.24) is 34.6 Å². The number of nitrogens with one attached hydrogen (secondary N) is 1. The van der Waals surface area contributed by atoms with E-state index < -0.39 is 11.5 Å². The fraction of sp³-hybridized carbons (Fsp3) is 0.280. The van der Waals surface area contributed by atoms with Gasteiger partial charge >= 0.3 is 0 Å². The zero-order chi connectivity index (χ0) is 26.1. The molecule has 0 radical (unpaired) electrons. The zero-order valence-corrected chi connectivity index (χ0v) is 21.2. The Balaban J connectivity index is 1.30. The molecular weight excluding hydrogens is 494 g/mol. The van der Waals surface area contributed by atoms with Crippen LogP contribution in [0.25, 0.3) is 17.1 Å². The summed E-state index contributed by atoms with van der Waals surface area (Å²) in [6.45, 7) is 2.98. The van der Waals surface area contributed by atoms with Crippen LogP contribution in [0.1, 0.15) is 28.9 Å². The topological polar surface area (TPSA) is 137 Å². The molecule has 5 rings (SSSR count). The third-order valence-electron chi connectivity index (χ3n) is 6.60. The minimum absolute atomic E-state index is 0.103. The summed E-state index contributed by atoms with van der Waals surface area (Å²) in [5.74, 6) is 0.510.